The summed E-state index contributed by atoms with van der Waals surface area (Å²) in [6.45, 7) is 0.713. The van der Waals surface area contributed by atoms with Crippen LogP contribution in [0.1, 0.15) is 22.3 Å². The Hall–Kier alpha value is -2.75. The van der Waals surface area contributed by atoms with Crippen LogP contribution >= 0.6 is 0 Å². The fraction of sp³-hybridized carbons (Fsp3) is 0.167. The van der Waals surface area contributed by atoms with Gasteiger partial charge >= 0.3 is 0 Å². The minimum absolute atomic E-state index is 0.0836. The van der Waals surface area contributed by atoms with Crippen LogP contribution in [0.25, 0.3) is 5.57 Å². The summed E-state index contributed by atoms with van der Waals surface area (Å²) in [7, 11) is 0. The molecule has 2 aromatic rings. The standard InChI is InChI=1S/C18H15N3O/c22-17-13-7-2-4-10-16(13)20-18-14(8-5-11-21(17)18)12-6-1-3-9-15(12)19-18/h1-4,6-10,19-20H,5,11H2. The Bertz CT molecular complexity index is 842. The smallest absolute Gasteiger partial charge is 0.259 e. The van der Waals surface area contributed by atoms with Gasteiger partial charge in [0.05, 0.1) is 11.3 Å². The molecule has 0 saturated heterocycles. The lowest BCUT2D eigenvalue weighted by atomic mass is 9.93. The van der Waals surface area contributed by atoms with E-state index >= 15 is 0 Å². The molecule has 1 spiro atoms. The Labute approximate surface area is 128 Å². The van der Waals surface area contributed by atoms with Gasteiger partial charge in [-0.3, -0.25) is 9.69 Å². The van der Waals surface area contributed by atoms with Gasteiger partial charge in [0.1, 0.15) is 0 Å². The second kappa shape index (κ2) is 3.91. The van der Waals surface area contributed by atoms with E-state index in [0.29, 0.717) is 6.54 Å². The number of nitrogens with one attached hydrogen (secondary N) is 2. The molecule has 2 aromatic carbocycles. The first-order valence-electron chi connectivity index (χ1n) is 7.57. The number of hydrogen-bond acceptors (Lipinski definition) is 3. The molecule has 0 fully saturated rings. The highest BCUT2D eigenvalue weighted by Crippen LogP contribution is 2.49. The zero-order chi connectivity index (χ0) is 14.7. The highest BCUT2D eigenvalue weighted by molar-refractivity contribution is 6.07. The molecule has 2 N–H and O–H groups in total. The first-order chi connectivity index (χ1) is 10.8. The molecule has 3 heterocycles. The fourth-order valence-electron chi connectivity index (χ4n) is 3.80. The molecule has 22 heavy (non-hydrogen) atoms. The van der Waals surface area contributed by atoms with E-state index in [-0.39, 0.29) is 5.91 Å². The maximum Gasteiger partial charge on any atom is 0.259 e. The highest BCUT2D eigenvalue weighted by atomic mass is 16.2. The number of amides is 1. The molecule has 0 radical (unpaired) electrons. The monoisotopic (exact) mass is 289 g/mol. The van der Waals surface area contributed by atoms with Gasteiger partial charge in [-0.25, -0.2) is 0 Å². The zero-order valence-corrected chi connectivity index (χ0v) is 12.0. The first-order valence-corrected chi connectivity index (χ1v) is 7.57. The van der Waals surface area contributed by atoms with E-state index in [9.17, 15) is 4.79 Å². The molecule has 0 aliphatic carbocycles. The second-order valence-corrected chi connectivity index (χ2v) is 5.91. The maximum absolute atomic E-state index is 13.0. The molecule has 5 rings (SSSR count). The van der Waals surface area contributed by atoms with E-state index < -0.39 is 5.79 Å². The molecule has 0 bridgehead atoms. The van der Waals surface area contributed by atoms with Crippen molar-refractivity contribution in [1.29, 1.82) is 0 Å². The highest BCUT2D eigenvalue weighted by Gasteiger charge is 2.52. The van der Waals surface area contributed by atoms with Gasteiger partial charge < -0.3 is 10.6 Å². The van der Waals surface area contributed by atoms with Crippen LogP contribution in [0.15, 0.2) is 54.6 Å². The molecule has 3 aliphatic heterocycles. The topological polar surface area (TPSA) is 44.4 Å². The summed E-state index contributed by atoms with van der Waals surface area (Å²) in [5.74, 6) is -0.562. The van der Waals surface area contributed by atoms with E-state index in [2.05, 4.69) is 28.8 Å². The Balaban J connectivity index is 1.74. The molecule has 4 nitrogen and oxygen atoms in total. The lowest BCUT2D eigenvalue weighted by Gasteiger charge is -2.49. The van der Waals surface area contributed by atoms with Crippen LogP contribution in [0.2, 0.25) is 0 Å². The van der Waals surface area contributed by atoms with Gasteiger partial charge in [-0.15, -0.1) is 0 Å². The lowest BCUT2D eigenvalue weighted by molar-refractivity contribution is 0.0639. The molecular formula is C18H15N3O. The summed E-state index contributed by atoms with van der Waals surface area (Å²) >= 11 is 0. The van der Waals surface area contributed by atoms with E-state index in [0.717, 1.165) is 28.9 Å². The number of anilines is 2. The summed E-state index contributed by atoms with van der Waals surface area (Å²) < 4.78 is 0. The second-order valence-electron chi connectivity index (χ2n) is 5.91. The molecule has 3 aliphatic rings. The predicted octanol–water partition coefficient (Wildman–Crippen LogP) is 3.12. The number of rotatable bonds is 0. The number of benzene rings is 2. The van der Waals surface area contributed by atoms with E-state index in [4.69, 9.17) is 0 Å². The number of carbonyl (C=O) groups is 1. The predicted molar refractivity (Wildman–Crippen MR) is 86.5 cm³/mol. The number of hydrogen-bond donors (Lipinski definition) is 2. The van der Waals surface area contributed by atoms with E-state index in [1.807, 2.05) is 41.3 Å². The largest absolute Gasteiger partial charge is 0.341 e. The third-order valence-corrected chi connectivity index (χ3v) is 4.75. The normalized spacial score (nSPS) is 24.3. The van der Waals surface area contributed by atoms with Crippen LogP contribution in [0, 0.1) is 0 Å². The van der Waals surface area contributed by atoms with Crippen molar-refractivity contribution in [2.75, 3.05) is 17.2 Å². The summed E-state index contributed by atoms with van der Waals surface area (Å²) in [4.78, 5) is 14.9. The van der Waals surface area contributed by atoms with E-state index in [1.165, 1.54) is 5.56 Å². The van der Waals surface area contributed by atoms with Gasteiger partial charge in [-0.2, -0.15) is 0 Å². The first kappa shape index (κ1) is 11.9. The van der Waals surface area contributed by atoms with Crippen molar-refractivity contribution < 1.29 is 4.79 Å². The average Bonchev–Trinajstić information content (AvgIpc) is 2.88. The van der Waals surface area contributed by atoms with Crippen LogP contribution in [0.3, 0.4) is 0 Å². The van der Waals surface area contributed by atoms with Crippen molar-refractivity contribution in [3.63, 3.8) is 0 Å². The van der Waals surface area contributed by atoms with Gasteiger partial charge in [0, 0.05) is 23.4 Å². The summed E-state index contributed by atoms with van der Waals surface area (Å²) in [5.41, 5.74) is 5.02. The van der Waals surface area contributed by atoms with Crippen LogP contribution < -0.4 is 10.6 Å². The van der Waals surface area contributed by atoms with Crippen LogP contribution in [-0.2, 0) is 0 Å². The zero-order valence-electron chi connectivity index (χ0n) is 12.0. The van der Waals surface area contributed by atoms with Gasteiger partial charge in [-0.05, 0) is 24.6 Å². The van der Waals surface area contributed by atoms with Gasteiger partial charge in [0.15, 0.2) is 0 Å². The third-order valence-electron chi connectivity index (χ3n) is 4.75. The quantitative estimate of drug-likeness (QED) is 0.783. The Morgan fingerprint density at radius 1 is 0.909 bits per heavy atom. The van der Waals surface area contributed by atoms with Crippen molar-refractivity contribution in [2.45, 2.75) is 12.2 Å². The van der Waals surface area contributed by atoms with Crippen molar-refractivity contribution in [1.82, 2.24) is 4.90 Å². The van der Waals surface area contributed by atoms with Gasteiger partial charge in [0.2, 0.25) is 5.79 Å². The minimum atomic E-state index is -0.645. The molecule has 0 aromatic heterocycles. The van der Waals surface area contributed by atoms with Crippen molar-refractivity contribution in [2.24, 2.45) is 0 Å². The van der Waals surface area contributed by atoms with Gasteiger partial charge in [-0.1, -0.05) is 36.4 Å². The van der Waals surface area contributed by atoms with Crippen LogP contribution in [-0.4, -0.2) is 23.1 Å². The Morgan fingerprint density at radius 3 is 2.32 bits per heavy atom. The van der Waals surface area contributed by atoms with Crippen molar-refractivity contribution >= 4 is 22.9 Å². The Morgan fingerprint density at radius 2 is 1.55 bits per heavy atom. The van der Waals surface area contributed by atoms with E-state index in [1.54, 1.807) is 0 Å². The molecule has 1 amide bonds. The minimum Gasteiger partial charge on any atom is -0.341 e. The number of carbonyl (C=O) groups excluding carboxylic acids is 1. The summed E-state index contributed by atoms with van der Waals surface area (Å²) in [5, 5.41) is 7.13. The number of nitrogens with zero attached hydrogens (tertiary/aromatic N) is 1. The fourth-order valence-corrected chi connectivity index (χ4v) is 3.80. The molecule has 1 atom stereocenters. The van der Waals surface area contributed by atoms with Crippen molar-refractivity contribution in [3.05, 3.63) is 65.7 Å². The molecule has 108 valence electrons. The number of para-hydroxylation sites is 2. The lowest BCUT2D eigenvalue weighted by Crippen LogP contribution is -2.64. The summed E-state index contributed by atoms with van der Waals surface area (Å²) in [6.07, 6.45) is 3.12. The third kappa shape index (κ3) is 1.30. The van der Waals surface area contributed by atoms with Crippen LogP contribution in [0.4, 0.5) is 11.4 Å². The van der Waals surface area contributed by atoms with Crippen LogP contribution in [0.5, 0.6) is 0 Å². The van der Waals surface area contributed by atoms with Crippen molar-refractivity contribution in [3.8, 4) is 0 Å². The molecule has 0 saturated carbocycles. The average molecular weight is 289 g/mol. The maximum atomic E-state index is 13.0. The molecular weight excluding hydrogens is 274 g/mol. The molecule has 1 unspecified atom stereocenters. The molecule has 4 heteroatoms. The summed E-state index contributed by atoms with van der Waals surface area (Å²) in [6, 6.07) is 16.0. The Kier molecular flexibility index (Phi) is 2.11. The van der Waals surface area contributed by atoms with Gasteiger partial charge in [0.25, 0.3) is 5.91 Å². The number of fused-ring (bicyclic) bond motifs is 3. The SMILES string of the molecule is O=C1c2ccccc2NC23Nc4ccccc4C2=CCCN13.